The second kappa shape index (κ2) is 8.67. The fraction of sp³-hybridized carbons (Fsp3) is 0.286. The molecule has 0 radical (unpaired) electrons. The van der Waals surface area contributed by atoms with E-state index < -0.39 is 15.8 Å². The number of fused-ring (bicyclic) bond motifs is 1. The van der Waals surface area contributed by atoms with Crippen molar-refractivity contribution in [2.75, 3.05) is 5.32 Å². The summed E-state index contributed by atoms with van der Waals surface area (Å²) in [7, 11) is -3.81. The Labute approximate surface area is 184 Å². The van der Waals surface area contributed by atoms with Crippen LogP contribution >= 0.6 is 23.2 Å². The van der Waals surface area contributed by atoms with E-state index in [2.05, 4.69) is 15.0 Å². The van der Waals surface area contributed by atoms with Crippen LogP contribution in [0.3, 0.4) is 0 Å². The Morgan fingerprint density at radius 3 is 2.43 bits per heavy atom. The Hall–Kier alpha value is -1.93. The fourth-order valence-electron chi connectivity index (χ4n) is 3.80. The van der Waals surface area contributed by atoms with Crippen LogP contribution in [0.15, 0.2) is 53.6 Å². The Kier molecular flexibility index (Phi) is 6.16. The molecule has 5 nitrogen and oxygen atoms in total. The molecule has 30 heavy (non-hydrogen) atoms. The summed E-state index contributed by atoms with van der Waals surface area (Å²) in [5.41, 5.74) is 1.81. The molecule has 1 saturated carbocycles. The summed E-state index contributed by atoms with van der Waals surface area (Å²) in [6.07, 6.45) is 4.73. The molecule has 0 unspecified atom stereocenters. The number of rotatable bonds is 5. The summed E-state index contributed by atoms with van der Waals surface area (Å²) < 4.78 is 41.2. The van der Waals surface area contributed by atoms with Gasteiger partial charge in [0, 0.05) is 34.4 Å². The predicted octanol–water partition coefficient (Wildman–Crippen LogP) is 5.38. The van der Waals surface area contributed by atoms with Crippen molar-refractivity contribution in [3.05, 3.63) is 64.5 Å². The smallest absolute Gasteiger partial charge is 0.242 e. The van der Waals surface area contributed by atoms with Gasteiger partial charge in [-0.25, -0.2) is 17.5 Å². The Bertz CT molecular complexity index is 1180. The van der Waals surface area contributed by atoms with Crippen molar-refractivity contribution >= 4 is 49.8 Å². The lowest BCUT2D eigenvalue weighted by molar-refractivity contribution is 0.387. The van der Waals surface area contributed by atoms with Gasteiger partial charge in [0.2, 0.25) is 10.0 Å². The van der Waals surface area contributed by atoms with Gasteiger partial charge in [0.1, 0.15) is 10.7 Å². The number of pyridine rings is 1. The van der Waals surface area contributed by atoms with Gasteiger partial charge in [0.25, 0.3) is 0 Å². The molecule has 4 rings (SSSR count). The van der Waals surface area contributed by atoms with Gasteiger partial charge in [-0.2, -0.15) is 0 Å². The maximum absolute atomic E-state index is 13.2. The van der Waals surface area contributed by atoms with Crippen LogP contribution in [0.4, 0.5) is 10.1 Å². The van der Waals surface area contributed by atoms with Gasteiger partial charge in [-0.05, 0) is 68.1 Å². The van der Waals surface area contributed by atoms with Crippen molar-refractivity contribution in [2.45, 2.75) is 42.7 Å². The van der Waals surface area contributed by atoms with Crippen molar-refractivity contribution in [3.63, 3.8) is 0 Å². The van der Waals surface area contributed by atoms with Crippen LogP contribution < -0.4 is 10.0 Å². The zero-order valence-electron chi connectivity index (χ0n) is 15.9. The average molecular weight is 468 g/mol. The second-order valence-corrected chi connectivity index (χ2v) is 9.93. The molecule has 0 bridgehead atoms. The molecule has 9 heteroatoms. The van der Waals surface area contributed by atoms with E-state index in [0.717, 1.165) is 41.6 Å². The zero-order valence-corrected chi connectivity index (χ0v) is 18.2. The third kappa shape index (κ3) is 4.70. The van der Waals surface area contributed by atoms with Gasteiger partial charge < -0.3 is 5.32 Å². The highest BCUT2D eigenvalue weighted by Gasteiger charge is 2.27. The monoisotopic (exact) mass is 467 g/mol. The van der Waals surface area contributed by atoms with Crippen LogP contribution in [0, 0.1) is 5.82 Å². The molecule has 1 heterocycles. The summed E-state index contributed by atoms with van der Waals surface area (Å²) in [5, 5.41) is 5.06. The van der Waals surface area contributed by atoms with Crippen LogP contribution in [0.1, 0.15) is 25.7 Å². The van der Waals surface area contributed by atoms with Gasteiger partial charge in [0.15, 0.2) is 0 Å². The first kappa shape index (κ1) is 21.3. The number of aromatic nitrogens is 1. The first-order valence-corrected chi connectivity index (χ1v) is 11.8. The summed E-state index contributed by atoms with van der Waals surface area (Å²) >= 11 is 12.0. The normalized spacial score (nSPS) is 19.7. The van der Waals surface area contributed by atoms with E-state index >= 15 is 0 Å². The molecular formula is C21H20Cl2FN3O2S. The topological polar surface area (TPSA) is 71.1 Å². The third-order valence-electron chi connectivity index (χ3n) is 5.30. The SMILES string of the molecule is O=S(=O)(N[C@H]1CC[C@@H](Nc2ccnc3cc(Cl)ccc23)CC1)c1ccc(F)cc1Cl. The lowest BCUT2D eigenvalue weighted by Gasteiger charge is -2.30. The van der Waals surface area contributed by atoms with Gasteiger partial charge in [-0.1, -0.05) is 23.2 Å². The van der Waals surface area contributed by atoms with Crippen LogP contribution in [-0.2, 0) is 10.0 Å². The van der Waals surface area contributed by atoms with Gasteiger partial charge in [-0.15, -0.1) is 0 Å². The van der Waals surface area contributed by atoms with Crippen LogP contribution in [-0.4, -0.2) is 25.5 Å². The number of benzene rings is 2. The lowest BCUT2D eigenvalue weighted by Crippen LogP contribution is -2.40. The predicted molar refractivity (Wildman–Crippen MR) is 118 cm³/mol. The number of nitrogens with one attached hydrogen (secondary N) is 2. The first-order chi connectivity index (χ1) is 14.3. The van der Waals surface area contributed by atoms with E-state index in [1.54, 1.807) is 6.20 Å². The van der Waals surface area contributed by atoms with Crippen LogP contribution in [0.25, 0.3) is 10.9 Å². The standard InChI is InChI=1S/C21H20Cl2FN3O2S/c22-13-1-7-17-19(9-10-25-20(17)11-13)26-15-3-5-16(6-4-15)27-30(28,29)21-8-2-14(24)12-18(21)23/h1-2,7-12,15-16,27H,3-6H2,(H,25,26)/t15-,16+. The van der Waals surface area contributed by atoms with Crippen molar-refractivity contribution < 1.29 is 12.8 Å². The molecule has 0 spiro atoms. The molecule has 2 N–H and O–H groups in total. The van der Waals surface area contributed by atoms with Crippen molar-refractivity contribution in [1.82, 2.24) is 9.71 Å². The van der Waals surface area contributed by atoms with Gasteiger partial charge >= 0.3 is 0 Å². The maximum Gasteiger partial charge on any atom is 0.242 e. The third-order valence-corrected chi connectivity index (χ3v) is 7.54. The molecule has 1 aromatic heterocycles. The summed E-state index contributed by atoms with van der Waals surface area (Å²) in [4.78, 5) is 4.25. The molecule has 1 aliphatic rings. The number of anilines is 1. The quantitative estimate of drug-likeness (QED) is 0.528. The van der Waals surface area contributed by atoms with Crippen LogP contribution in [0.5, 0.6) is 0 Å². The number of halogens is 3. The highest BCUT2D eigenvalue weighted by Crippen LogP contribution is 2.29. The van der Waals surface area contributed by atoms with Crippen LogP contribution in [0.2, 0.25) is 10.0 Å². The maximum atomic E-state index is 13.2. The number of hydrogen-bond acceptors (Lipinski definition) is 4. The van der Waals surface area contributed by atoms with E-state index in [0.29, 0.717) is 17.9 Å². The Morgan fingerprint density at radius 2 is 1.70 bits per heavy atom. The van der Waals surface area contributed by atoms with E-state index in [1.807, 2.05) is 24.3 Å². The molecule has 0 aliphatic heterocycles. The van der Waals surface area contributed by atoms with Crippen molar-refractivity contribution in [1.29, 1.82) is 0 Å². The second-order valence-electron chi connectivity index (χ2n) is 7.41. The van der Waals surface area contributed by atoms with Crippen molar-refractivity contribution in [3.8, 4) is 0 Å². The largest absolute Gasteiger partial charge is 0.382 e. The molecule has 3 aromatic rings. The molecule has 0 amide bonds. The fourth-order valence-corrected chi connectivity index (χ4v) is 5.80. The zero-order chi connectivity index (χ0) is 21.3. The Balaban J connectivity index is 1.40. The molecule has 1 aliphatic carbocycles. The van der Waals surface area contributed by atoms with Crippen molar-refractivity contribution in [2.24, 2.45) is 0 Å². The minimum atomic E-state index is -3.81. The summed E-state index contributed by atoms with van der Waals surface area (Å²) in [6, 6.07) is 10.9. The average Bonchev–Trinajstić information content (AvgIpc) is 2.69. The highest BCUT2D eigenvalue weighted by molar-refractivity contribution is 7.89. The molecule has 2 aromatic carbocycles. The van der Waals surface area contributed by atoms with E-state index in [-0.39, 0.29) is 22.0 Å². The first-order valence-electron chi connectivity index (χ1n) is 9.60. The number of nitrogens with zero attached hydrogens (tertiary/aromatic N) is 1. The number of sulfonamides is 1. The molecular weight excluding hydrogens is 448 g/mol. The minimum Gasteiger partial charge on any atom is -0.382 e. The van der Waals surface area contributed by atoms with E-state index in [1.165, 1.54) is 6.07 Å². The molecule has 0 saturated heterocycles. The van der Waals surface area contributed by atoms with Gasteiger partial charge in [-0.3, -0.25) is 4.98 Å². The van der Waals surface area contributed by atoms with Gasteiger partial charge in [0.05, 0.1) is 10.5 Å². The minimum absolute atomic E-state index is 0.104. The summed E-state index contributed by atoms with van der Waals surface area (Å²) in [6.45, 7) is 0. The number of hydrogen-bond donors (Lipinski definition) is 2. The lowest BCUT2D eigenvalue weighted by atomic mass is 9.91. The molecule has 0 atom stereocenters. The highest BCUT2D eigenvalue weighted by atomic mass is 35.5. The Morgan fingerprint density at radius 1 is 0.967 bits per heavy atom. The van der Waals surface area contributed by atoms with E-state index in [4.69, 9.17) is 23.2 Å². The summed E-state index contributed by atoms with van der Waals surface area (Å²) in [5.74, 6) is -0.573. The molecule has 158 valence electrons. The van der Waals surface area contributed by atoms with E-state index in [9.17, 15) is 12.8 Å². The molecule has 1 fully saturated rings.